The van der Waals surface area contributed by atoms with Crippen LogP contribution in [0.25, 0.3) is 12.2 Å². The summed E-state index contributed by atoms with van der Waals surface area (Å²) in [5.41, 5.74) is -0.0904. The number of hydrogen-bond donors (Lipinski definition) is 0. The molecule has 3 aromatic carbocycles. The van der Waals surface area contributed by atoms with Gasteiger partial charge in [-0.3, -0.25) is 0 Å². The van der Waals surface area contributed by atoms with Gasteiger partial charge in [0.1, 0.15) is 28.8 Å². The molecule has 3 aromatic rings. The second-order valence-corrected chi connectivity index (χ2v) is 6.89. The molecule has 0 aromatic heterocycles. The maximum absolute atomic E-state index is 14.4. The highest BCUT2D eigenvalue weighted by Gasteiger charge is 2.22. The van der Waals surface area contributed by atoms with Crippen LogP contribution in [0, 0.1) is 34.9 Å². The molecule has 0 heterocycles. The number of esters is 1. The maximum Gasteiger partial charge on any atom is 0.349 e. The van der Waals surface area contributed by atoms with Crippen molar-refractivity contribution < 1.29 is 35.9 Å². The molecule has 3 rings (SSSR count). The van der Waals surface area contributed by atoms with Crippen molar-refractivity contribution in [1.29, 1.82) is 0 Å². The molecule has 0 fully saturated rings. The Bertz CT molecular complexity index is 1160. The second kappa shape index (κ2) is 9.72. The van der Waals surface area contributed by atoms with E-state index in [4.69, 9.17) is 0 Å². The van der Waals surface area contributed by atoms with E-state index in [2.05, 4.69) is 4.74 Å². The molecule has 0 aliphatic carbocycles. The first-order valence-corrected chi connectivity index (χ1v) is 9.52. The minimum atomic E-state index is -1.78. The quantitative estimate of drug-likeness (QED) is 0.135. The van der Waals surface area contributed by atoms with E-state index < -0.39 is 52.2 Å². The van der Waals surface area contributed by atoms with E-state index >= 15 is 0 Å². The SMILES string of the molecule is CCCc1ccc(/C=C/c2cc(F)c(C(=O)Oc3cc(F)c(F)c(F)c3)c(F)c2)c(F)c1. The fraction of sp³-hybridized carbons (Fsp3) is 0.125. The molecule has 0 atom stereocenters. The Morgan fingerprint density at radius 3 is 2.00 bits per heavy atom. The average molecular weight is 450 g/mol. The van der Waals surface area contributed by atoms with Crippen molar-refractivity contribution in [3.05, 3.63) is 99.6 Å². The lowest BCUT2D eigenvalue weighted by Gasteiger charge is -2.08. The first kappa shape index (κ1) is 23.1. The molecule has 0 unspecified atom stereocenters. The lowest BCUT2D eigenvalue weighted by Crippen LogP contribution is -2.14. The van der Waals surface area contributed by atoms with E-state index in [0.29, 0.717) is 18.6 Å². The van der Waals surface area contributed by atoms with Crippen LogP contribution < -0.4 is 4.74 Å². The van der Waals surface area contributed by atoms with Crippen LogP contribution in [0.4, 0.5) is 26.3 Å². The first-order chi connectivity index (χ1) is 15.2. The molecule has 2 nitrogen and oxygen atoms in total. The fourth-order valence-corrected chi connectivity index (χ4v) is 2.97. The lowest BCUT2D eigenvalue weighted by molar-refractivity contribution is 0.0723. The van der Waals surface area contributed by atoms with Gasteiger partial charge in [-0.2, -0.15) is 0 Å². The third kappa shape index (κ3) is 5.19. The number of ether oxygens (including phenoxy) is 1. The number of aryl methyl sites for hydroxylation is 1. The van der Waals surface area contributed by atoms with Gasteiger partial charge in [-0.25, -0.2) is 31.1 Å². The van der Waals surface area contributed by atoms with Crippen LogP contribution >= 0.6 is 0 Å². The average Bonchev–Trinajstić information content (AvgIpc) is 2.71. The molecule has 32 heavy (non-hydrogen) atoms. The Labute approximate surface area is 179 Å². The number of benzene rings is 3. The van der Waals surface area contributed by atoms with E-state index in [9.17, 15) is 31.1 Å². The van der Waals surface area contributed by atoms with Crippen LogP contribution in [0.5, 0.6) is 5.75 Å². The molecule has 8 heteroatoms. The molecule has 0 amide bonds. The van der Waals surface area contributed by atoms with Gasteiger partial charge < -0.3 is 4.74 Å². The summed E-state index contributed by atoms with van der Waals surface area (Å²) in [4.78, 5) is 12.1. The smallest absolute Gasteiger partial charge is 0.349 e. The largest absolute Gasteiger partial charge is 0.423 e. The van der Waals surface area contributed by atoms with Crippen molar-refractivity contribution in [2.24, 2.45) is 0 Å². The maximum atomic E-state index is 14.4. The molecule has 166 valence electrons. The van der Waals surface area contributed by atoms with E-state index in [1.807, 2.05) is 6.92 Å². The molecular weight excluding hydrogens is 434 g/mol. The Balaban J connectivity index is 1.82. The molecular formula is C24H16F6O2. The summed E-state index contributed by atoms with van der Waals surface area (Å²) in [7, 11) is 0. The van der Waals surface area contributed by atoms with Crippen molar-refractivity contribution in [3.8, 4) is 5.75 Å². The van der Waals surface area contributed by atoms with Crippen LogP contribution in [0.2, 0.25) is 0 Å². The monoisotopic (exact) mass is 450 g/mol. The van der Waals surface area contributed by atoms with E-state index in [1.54, 1.807) is 6.07 Å². The Hall–Kier alpha value is -3.55. The minimum Gasteiger partial charge on any atom is -0.423 e. The molecule has 0 bridgehead atoms. The molecule has 0 spiro atoms. The summed E-state index contributed by atoms with van der Waals surface area (Å²) in [6.07, 6.45) is 4.14. The van der Waals surface area contributed by atoms with E-state index in [-0.39, 0.29) is 11.1 Å². The van der Waals surface area contributed by atoms with Crippen molar-refractivity contribution in [2.75, 3.05) is 0 Å². The van der Waals surface area contributed by atoms with Gasteiger partial charge in [0, 0.05) is 17.7 Å². The van der Waals surface area contributed by atoms with Crippen LogP contribution in [-0.2, 0) is 6.42 Å². The van der Waals surface area contributed by atoms with Crippen molar-refractivity contribution >= 4 is 18.1 Å². The molecule has 0 radical (unpaired) electrons. The molecule has 0 saturated heterocycles. The zero-order valence-corrected chi connectivity index (χ0v) is 16.7. The predicted octanol–water partition coefficient (Wildman–Crippen LogP) is 6.86. The standard InChI is InChI=1S/C24H16F6O2/c1-2-3-13-4-6-15(17(25)8-13)7-5-14-9-18(26)22(19(27)10-14)24(31)32-16-11-20(28)23(30)21(29)12-16/h4-12H,2-3H2,1H3/b7-5+. The fourth-order valence-electron chi connectivity index (χ4n) is 2.97. The van der Waals surface area contributed by atoms with Gasteiger partial charge in [0.05, 0.1) is 0 Å². The van der Waals surface area contributed by atoms with Crippen LogP contribution in [-0.4, -0.2) is 5.97 Å². The highest BCUT2D eigenvalue weighted by atomic mass is 19.2. The van der Waals surface area contributed by atoms with Crippen LogP contribution in [0.15, 0.2) is 42.5 Å². The predicted molar refractivity (Wildman–Crippen MR) is 107 cm³/mol. The normalized spacial score (nSPS) is 11.2. The molecule has 0 aliphatic heterocycles. The van der Waals surface area contributed by atoms with Gasteiger partial charge in [-0.05, 0) is 35.7 Å². The van der Waals surface area contributed by atoms with Gasteiger partial charge in [0.25, 0.3) is 0 Å². The van der Waals surface area contributed by atoms with Gasteiger partial charge >= 0.3 is 5.97 Å². The number of halogens is 6. The number of carbonyl (C=O) groups is 1. The molecule has 0 saturated carbocycles. The number of hydrogen-bond acceptors (Lipinski definition) is 2. The third-order valence-corrected chi connectivity index (χ3v) is 4.50. The zero-order chi connectivity index (χ0) is 23.4. The Morgan fingerprint density at radius 2 is 1.44 bits per heavy atom. The van der Waals surface area contributed by atoms with Gasteiger partial charge in [0.15, 0.2) is 17.5 Å². The van der Waals surface area contributed by atoms with Crippen LogP contribution in [0.1, 0.15) is 40.4 Å². The van der Waals surface area contributed by atoms with Gasteiger partial charge in [-0.1, -0.05) is 37.6 Å². The topological polar surface area (TPSA) is 26.3 Å². The second-order valence-electron chi connectivity index (χ2n) is 6.89. The summed E-state index contributed by atoms with van der Waals surface area (Å²) in [5.74, 6) is -10.5. The molecule has 0 aliphatic rings. The van der Waals surface area contributed by atoms with Crippen molar-refractivity contribution in [2.45, 2.75) is 19.8 Å². The Kier molecular flexibility index (Phi) is 7.02. The first-order valence-electron chi connectivity index (χ1n) is 9.52. The summed E-state index contributed by atoms with van der Waals surface area (Å²) >= 11 is 0. The van der Waals surface area contributed by atoms with Gasteiger partial charge in [-0.15, -0.1) is 0 Å². The van der Waals surface area contributed by atoms with E-state index in [1.165, 1.54) is 24.3 Å². The summed E-state index contributed by atoms with van der Waals surface area (Å²) < 4.78 is 86.9. The lowest BCUT2D eigenvalue weighted by atomic mass is 10.0. The summed E-state index contributed by atoms with van der Waals surface area (Å²) in [6, 6.07) is 7.01. The van der Waals surface area contributed by atoms with E-state index in [0.717, 1.165) is 24.1 Å². The van der Waals surface area contributed by atoms with Crippen LogP contribution in [0.3, 0.4) is 0 Å². The zero-order valence-electron chi connectivity index (χ0n) is 16.7. The number of carbonyl (C=O) groups excluding carboxylic acids is 1. The minimum absolute atomic E-state index is 0.00699. The summed E-state index contributed by atoms with van der Waals surface area (Å²) in [5, 5.41) is 0. The van der Waals surface area contributed by atoms with Gasteiger partial charge in [0.2, 0.25) is 0 Å². The number of rotatable bonds is 6. The molecule has 0 N–H and O–H groups in total. The van der Waals surface area contributed by atoms with Crippen molar-refractivity contribution in [1.82, 2.24) is 0 Å². The third-order valence-electron chi connectivity index (χ3n) is 4.50. The highest BCUT2D eigenvalue weighted by molar-refractivity contribution is 5.92. The van der Waals surface area contributed by atoms with Crippen molar-refractivity contribution in [3.63, 3.8) is 0 Å². The Morgan fingerprint density at radius 1 is 0.812 bits per heavy atom. The highest BCUT2D eigenvalue weighted by Crippen LogP contribution is 2.23. The summed E-state index contributed by atoms with van der Waals surface area (Å²) in [6.45, 7) is 1.96.